The van der Waals surface area contributed by atoms with Crippen LogP contribution in [0.1, 0.15) is 25.5 Å². The second-order valence-electron chi connectivity index (χ2n) is 4.39. The number of carbonyl (C=O) groups excluding carboxylic acids is 1. The van der Waals surface area contributed by atoms with E-state index >= 15 is 0 Å². The van der Waals surface area contributed by atoms with Gasteiger partial charge in [0, 0.05) is 32.4 Å². The van der Waals surface area contributed by atoms with Gasteiger partial charge in [0.25, 0.3) is 0 Å². The fourth-order valence-electron chi connectivity index (χ4n) is 1.64. The molecular formula is C13H21N3O2. The molecule has 1 aromatic rings. The maximum Gasteiger partial charge on any atom is 0.241 e. The summed E-state index contributed by atoms with van der Waals surface area (Å²) in [5, 5.41) is 9.73. The zero-order chi connectivity index (χ0) is 13.7. The Hall–Kier alpha value is -1.62. The molecule has 0 radical (unpaired) electrons. The molecule has 0 aliphatic heterocycles. The van der Waals surface area contributed by atoms with E-state index in [1.54, 1.807) is 38.2 Å². The maximum absolute atomic E-state index is 11.8. The molecule has 5 nitrogen and oxygen atoms in total. The highest BCUT2D eigenvalue weighted by molar-refractivity contribution is 5.80. The summed E-state index contributed by atoms with van der Waals surface area (Å²) < 4.78 is 0. The molecule has 1 amide bonds. The van der Waals surface area contributed by atoms with Crippen molar-refractivity contribution in [2.45, 2.75) is 20.0 Å². The predicted octanol–water partition coefficient (Wildman–Crippen LogP) is 1.05. The van der Waals surface area contributed by atoms with Crippen LogP contribution < -0.4 is 4.90 Å². The highest BCUT2D eigenvalue weighted by Gasteiger charge is 2.17. The summed E-state index contributed by atoms with van der Waals surface area (Å²) in [6.07, 6.45) is 1.07. The largest absolute Gasteiger partial charge is 0.389 e. The topological polar surface area (TPSA) is 56.7 Å². The first-order chi connectivity index (χ1) is 8.47. The Labute approximate surface area is 108 Å². The van der Waals surface area contributed by atoms with Crippen molar-refractivity contribution in [1.82, 2.24) is 9.88 Å². The standard InChI is InChI=1S/C13H21N3O2/c1-5-16(9-12(18)15(3)4)13-11(10(2)17)7-6-8-14-13/h6-8,10,17H,5,9H2,1-4H3/t10-/m1/s1. The number of anilines is 1. The Morgan fingerprint density at radius 3 is 2.67 bits per heavy atom. The summed E-state index contributed by atoms with van der Waals surface area (Å²) in [6.45, 7) is 4.59. The predicted molar refractivity (Wildman–Crippen MR) is 71.5 cm³/mol. The SMILES string of the molecule is CCN(CC(=O)N(C)C)c1ncccc1[C@@H](C)O. The molecule has 0 unspecified atom stereocenters. The van der Waals surface area contributed by atoms with Crippen molar-refractivity contribution >= 4 is 11.7 Å². The van der Waals surface area contributed by atoms with Gasteiger partial charge in [0.15, 0.2) is 0 Å². The number of hydrogen-bond acceptors (Lipinski definition) is 4. The third kappa shape index (κ3) is 3.43. The van der Waals surface area contributed by atoms with Crippen molar-refractivity contribution in [2.24, 2.45) is 0 Å². The van der Waals surface area contributed by atoms with Crippen LogP contribution in [0.5, 0.6) is 0 Å². The zero-order valence-electron chi connectivity index (χ0n) is 11.4. The van der Waals surface area contributed by atoms with Crippen LogP contribution in [0.3, 0.4) is 0 Å². The van der Waals surface area contributed by atoms with E-state index in [1.165, 1.54) is 0 Å². The van der Waals surface area contributed by atoms with Crippen LogP contribution in [0.2, 0.25) is 0 Å². The third-order valence-electron chi connectivity index (χ3n) is 2.77. The number of carbonyl (C=O) groups is 1. The molecule has 0 aliphatic carbocycles. The lowest BCUT2D eigenvalue weighted by atomic mass is 10.1. The molecule has 18 heavy (non-hydrogen) atoms. The van der Waals surface area contributed by atoms with Crippen molar-refractivity contribution in [2.75, 3.05) is 32.1 Å². The molecule has 1 aromatic heterocycles. The smallest absolute Gasteiger partial charge is 0.241 e. The first kappa shape index (κ1) is 14.4. The number of aliphatic hydroxyl groups excluding tert-OH is 1. The molecular weight excluding hydrogens is 230 g/mol. The molecule has 1 heterocycles. The van der Waals surface area contributed by atoms with Gasteiger partial charge in [0.1, 0.15) is 5.82 Å². The van der Waals surface area contributed by atoms with E-state index in [1.807, 2.05) is 17.9 Å². The fourth-order valence-corrected chi connectivity index (χ4v) is 1.64. The highest BCUT2D eigenvalue weighted by Crippen LogP contribution is 2.23. The number of pyridine rings is 1. The number of aromatic nitrogens is 1. The number of likely N-dealkylation sites (N-methyl/N-ethyl adjacent to an activating group) is 2. The zero-order valence-corrected chi connectivity index (χ0v) is 11.4. The van der Waals surface area contributed by atoms with Gasteiger partial charge in [-0.05, 0) is 19.9 Å². The molecule has 0 bridgehead atoms. The first-order valence-electron chi connectivity index (χ1n) is 6.05. The molecule has 1 N–H and O–H groups in total. The van der Waals surface area contributed by atoms with Gasteiger partial charge in [-0.2, -0.15) is 0 Å². The van der Waals surface area contributed by atoms with E-state index in [0.29, 0.717) is 12.4 Å². The van der Waals surface area contributed by atoms with Gasteiger partial charge in [-0.1, -0.05) is 6.07 Å². The summed E-state index contributed by atoms with van der Waals surface area (Å²) >= 11 is 0. The van der Waals surface area contributed by atoms with Crippen LogP contribution in [0.25, 0.3) is 0 Å². The minimum absolute atomic E-state index is 0.0130. The summed E-state index contributed by atoms with van der Waals surface area (Å²) in [7, 11) is 3.45. The van der Waals surface area contributed by atoms with Crippen LogP contribution in [0.15, 0.2) is 18.3 Å². The second kappa shape index (κ2) is 6.35. The molecule has 0 fully saturated rings. The maximum atomic E-state index is 11.8. The molecule has 100 valence electrons. The van der Waals surface area contributed by atoms with E-state index in [0.717, 1.165) is 5.56 Å². The molecule has 5 heteroatoms. The van der Waals surface area contributed by atoms with Gasteiger partial charge in [0.2, 0.25) is 5.91 Å². The summed E-state index contributed by atoms with van der Waals surface area (Å²) in [5.74, 6) is 0.684. The Balaban J connectivity index is 2.98. The van der Waals surface area contributed by atoms with Gasteiger partial charge < -0.3 is 14.9 Å². The Morgan fingerprint density at radius 1 is 1.50 bits per heavy atom. The number of aliphatic hydroxyl groups is 1. The normalized spacial score (nSPS) is 12.1. The Morgan fingerprint density at radius 2 is 2.17 bits per heavy atom. The van der Waals surface area contributed by atoms with Crippen LogP contribution in [-0.2, 0) is 4.79 Å². The highest BCUT2D eigenvalue weighted by atomic mass is 16.3. The van der Waals surface area contributed by atoms with Crippen molar-refractivity contribution in [3.8, 4) is 0 Å². The number of rotatable bonds is 5. The minimum atomic E-state index is -0.600. The van der Waals surface area contributed by atoms with E-state index in [-0.39, 0.29) is 12.5 Å². The van der Waals surface area contributed by atoms with Gasteiger partial charge >= 0.3 is 0 Å². The van der Waals surface area contributed by atoms with Gasteiger partial charge in [-0.15, -0.1) is 0 Å². The molecule has 0 aromatic carbocycles. The van der Waals surface area contributed by atoms with E-state index < -0.39 is 6.10 Å². The second-order valence-corrected chi connectivity index (χ2v) is 4.39. The number of hydrogen-bond donors (Lipinski definition) is 1. The average Bonchev–Trinajstić information content (AvgIpc) is 2.35. The third-order valence-corrected chi connectivity index (χ3v) is 2.77. The first-order valence-corrected chi connectivity index (χ1v) is 6.05. The minimum Gasteiger partial charge on any atom is -0.389 e. The van der Waals surface area contributed by atoms with Crippen molar-refractivity contribution in [1.29, 1.82) is 0 Å². The van der Waals surface area contributed by atoms with E-state index in [9.17, 15) is 9.90 Å². The summed E-state index contributed by atoms with van der Waals surface area (Å²) in [4.78, 5) is 19.5. The fraction of sp³-hybridized carbons (Fsp3) is 0.538. The lowest BCUT2D eigenvalue weighted by Crippen LogP contribution is -2.37. The van der Waals surface area contributed by atoms with E-state index in [4.69, 9.17) is 0 Å². The molecule has 1 atom stereocenters. The van der Waals surface area contributed by atoms with Crippen molar-refractivity contribution in [3.63, 3.8) is 0 Å². The molecule has 0 spiro atoms. The molecule has 0 saturated carbocycles. The van der Waals surface area contributed by atoms with Gasteiger partial charge in [-0.3, -0.25) is 4.79 Å². The lowest BCUT2D eigenvalue weighted by Gasteiger charge is -2.25. The van der Waals surface area contributed by atoms with Crippen molar-refractivity contribution in [3.05, 3.63) is 23.9 Å². The van der Waals surface area contributed by atoms with Crippen LogP contribution in [0, 0.1) is 0 Å². The Kier molecular flexibility index (Phi) is 5.09. The summed E-state index contributed by atoms with van der Waals surface area (Å²) in [6, 6.07) is 3.61. The van der Waals surface area contributed by atoms with Crippen molar-refractivity contribution < 1.29 is 9.90 Å². The van der Waals surface area contributed by atoms with E-state index in [2.05, 4.69) is 4.98 Å². The lowest BCUT2D eigenvalue weighted by molar-refractivity contribution is -0.127. The van der Waals surface area contributed by atoms with Crippen LogP contribution in [-0.4, -0.2) is 48.1 Å². The van der Waals surface area contributed by atoms with Gasteiger partial charge in [0.05, 0.1) is 12.6 Å². The average molecular weight is 251 g/mol. The molecule has 0 saturated heterocycles. The summed E-state index contributed by atoms with van der Waals surface area (Å²) in [5.41, 5.74) is 0.742. The van der Waals surface area contributed by atoms with Gasteiger partial charge in [-0.25, -0.2) is 4.98 Å². The Bertz CT molecular complexity index is 405. The number of nitrogens with zero attached hydrogens (tertiary/aromatic N) is 3. The number of amides is 1. The van der Waals surface area contributed by atoms with Crippen LogP contribution >= 0.6 is 0 Å². The van der Waals surface area contributed by atoms with Crippen LogP contribution in [0.4, 0.5) is 5.82 Å². The molecule has 0 aliphatic rings. The molecule has 1 rings (SSSR count). The monoisotopic (exact) mass is 251 g/mol. The quantitative estimate of drug-likeness (QED) is 0.850.